The summed E-state index contributed by atoms with van der Waals surface area (Å²) in [6.45, 7) is 4.25. The van der Waals surface area contributed by atoms with Gasteiger partial charge in [-0.1, -0.05) is 90.0 Å². The maximum Gasteiger partial charge on any atom is -0.0105 e. The number of hydrogen-bond acceptors (Lipinski definition) is 0. The molecule has 0 saturated carbocycles. The van der Waals surface area contributed by atoms with E-state index in [0.717, 1.165) is 0 Å². The van der Waals surface area contributed by atoms with Crippen molar-refractivity contribution in [1.29, 1.82) is 0 Å². The maximum atomic E-state index is 2.29. The summed E-state index contributed by atoms with van der Waals surface area (Å²) < 4.78 is 0. The normalized spacial score (nSPS) is 10.9. The van der Waals surface area contributed by atoms with Crippen molar-refractivity contribution < 1.29 is 0 Å². The second kappa shape index (κ2) is 5.98. The van der Waals surface area contributed by atoms with Crippen LogP contribution < -0.4 is 0 Å². The molecule has 0 saturated heterocycles. The van der Waals surface area contributed by atoms with Gasteiger partial charge in [-0.15, -0.1) is 0 Å². The van der Waals surface area contributed by atoms with Gasteiger partial charge in [0.25, 0.3) is 0 Å². The predicted molar refractivity (Wildman–Crippen MR) is 104 cm³/mol. The smallest absolute Gasteiger partial charge is 0.0105 e. The van der Waals surface area contributed by atoms with E-state index in [1.165, 1.54) is 44.2 Å². The van der Waals surface area contributed by atoms with Crippen LogP contribution in [0.3, 0.4) is 0 Å². The lowest BCUT2D eigenvalue weighted by Gasteiger charge is -2.10. The molecule has 116 valence electrons. The predicted octanol–water partition coefficient (Wildman–Crippen LogP) is 6.79. The molecule has 0 radical (unpaired) electrons. The third kappa shape index (κ3) is 2.72. The molecule has 0 fully saturated rings. The minimum Gasteiger partial charge on any atom is -0.0610 e. The SMILES string of the molecule is Cc1ccc(-c2ccc3c(-c4ccc(C)cc4)cccc3c2)cc1. The van der Waals surface area contributed by atoms with Crippen LogP contribution in [0.25, 0.3) is 33.0 Å². The molecule has 4 aromatic carbocycles. The van der Waals surface area contributed by atoms with Crippen molar-refractivity contribution in [2.24, 2.45) is 0 Å². The molecule has 0 heteroatoms. The number of hydrogen-bond donors (Lipinski definition) is 0. The zero-order chi connectivity index (χ0) is 16.5. The van der Waals surface area contributed by atoms with Gasteiger partial charge < -0.3 is 0 Å². The highest BCUT2D eigenvalue weighted by Gasteiger charge is 2.05. The van der Waals surface area contributed by atoms with E-state index in [2.05, 4.69) is 98.8 Å². The molecule has 24 heavy (non-hydrogen) atoms. The van der Waals surface area contributed by atoms with E-state index in [0.29, 0.717) is 0 Å². The molecule has 0 unspecified atom stereocenters. The van der Waals surface area contributed by atoms with Crippen LogP contribution in [0.1, 0.15) is 11.1 Å². The van der Waals surface area contributed by atoms with Crippen LogP contribution in [0.4, 0.5) is 0 Å². The van der Waals surface area contributed by atoms with Crippen molar-refractivity contribution in [2.45, 2.75) is 13.8 Å². The van der Waals surface area contributed by atoms with Crippen LogP contribution in [0.15, 0.2) is 84.9 Å². The van der Waals surface area contributed by atoms with Crippen LogP contribution in [0.5, 0.6) is 0 Å². The van der Waals surface area contributed by atoms with E-state index in [1.807, 2.05) is 0 Å². The largest absolute Gasteiger partial charge is 0.0610 e. The van der Waals surface area contributed by atoms with Gasteiger partial charge in [0, 0.05) is 0 Å². The van der Waals surface area contributed by atoms with E-state index >= 15 is 0 Å². The molecule has 0 aliphatic carbocycles. The average molecular weight is 308 g/mol. The van der Waals surface area contributed by atoms with Gasteiger partial charge in [0.15, 0.2) is 0 Å². The number of benzene rings is 4. The Bertz CT molecular complexity index is 990. The third-order valence-corrected chi connectivity index (χ3v) is 4.63. The second-order valence-corrected chi connectivity index (χ2v) is 6.47. The Hall–Kier alpha value is -2.86. The van der Waals surface area contributed by atoms with Crippen molar-refractivity contribution >= 4 is 10.8 Å². The summed E-state index contributed by atoms with van der Waals surface area (Å²) in [5.41, 5.74) is 7.69. The van der Waals surface area contributed by atoms with Crippen LogP contribution in [0.2, 0.25) is 0 Å². The molecule has 4 rings (SSSR count). The lowest BCUT2D eigenvalue weighted by atomic mass is 9.95. The fraction of sp³-hybridized carbons (Fsp3) is 0.0833. The Balaban J connectivity index is 1.84. The van der Waals surface area contributed by atoms with Crippen LogP contribution in [-0.2, 0) is 0 Å². The Morgan fingerprint density at radius 2 is 1.08 bits per heavy atom. The molecule has 0 nitrogen and oxygen atoms in total. The van der Waals surface area contributed by atoms with Crippen molar-refractivity contribution in [2.75, 3.05) is 0 Å². The van der Waals surface area contributed by atoms with E-state index in [9.17, 15) is 0 Å². The van der Waals surface area contributed by atoms with Crippen molar-refractivity contribution in [3.8, 4) is 22.3 Å². The zero-order valence-corrected chi connectivity index (χ0v) is 14.1. The summed E-state index contributed by atoms with van der Waals surface area (Å²) in [6.07, 6.45) is 0. The molecule has 0 bridgehead atoms. The highest BCUT2D eigenvalue weighted by Crippen LogP contribution is 2.32. The first-order chi connectivity index (χ1) is 11.7. The fourth-order valence-electron chi connectivity index (χ4n) is 3.19. The van der Waals surface area contributed by atoms with Crippen molar-refractivity contribution in [3.63, 3.8) is 0 Å². The third-order valence-electron chi connectivity index (χ3n) is 4.63. The monoisotopic (exact) mass is 308 g/mol. The van der Waals surface area contributed by atoms with E-state index in [1.54, 1.807) is 0 Å². The van der Waals surface area contributed by atoms with E-state index < -0.39 is 0 Å². The number of aryl methyl sites for hydroxylation is 2. The first kappa shape index (κ1) is 14.7. The van der Waals surface area contributed by atoms with Gasteiger partial charge >= 0.3 is 0 Å². The van der Waals surface area contributed by atoms with Gasteiger partial charge in [0.05, 0.1) is 0 Å². The Kier molecular flexibility index (Phi) is 3.66. The molecule has 0 N–H and O–H groups in total. The number of fused-ring (bicyclic) bond motifs is 1. The van der Waals surface area contributed by atoms with Crippen molar-refractivity contribution in [3.05, 3.63) is 96.1 Å². The minimum atomic E-state index is 1.27. The summed E-state index contributed by atoms with van der Waals surface area (Å²) in [7, 11) is 0. The molecule has 0 aliphatic rings. The molecular weight excluding hydrogens is 288 g/mol. The van der Waals surface area contributed by atoms with Gasteiger partial charge in [-0.2, -0.15) is 0 Å². The van der Waals surface area contributed by atoms with Crippen LogP contribution in [0, 0.1) is 13.8 Å². The van der Waals surface area contributed by atoms with Gasteiger partial charge in [-0.25, -0.2) is 0 Å². The molecule has 0 atom stereocenters. The molecule has 0 aliphatic heterocycles. The molecule has 4 aromatic rings. The summed E-state index contributed by atoms with van der Waals surface area (Å²) in [5, 5.41) is 2.59. The molecular formula is C24H20. The Morgan fingerprint density at radius 3 is 1.75 bits per heavy atom. The highest BCUT2D eigenvalue weighted by molar-refractivity contribution is 5.98. The maximum absolute atomic E-state index is 2.29. The van der Waals surface area contributed by atoms with E-state index in [4.69, 9.17) is 0 Å². The molecule has 0 spiro atoms. The topological polar surface area (TPSA) is 0 Å². The first-order valence-corrected chi connectivity index (χ1v) is 8.37. The highest BCUT2D eigenvalue weighted by atomic mass is 14.1. The quantitative estimate of drug-likeness (QED) is 0.382. The minimum absolute atomic E-state index is 1.27. The summed E-state index contributed by atoms with van der Waals surface area (Å²) in [4.78, 5) is 0. The zero-order valence-electron chi connectivity index (χ0n) is 14.1. The van der Waals surface area contributed by atoms with Gasteiger partial charge in [0.2, 0.25) is 0 Å². The molecule has 0 heterocycles. The Labute approximate surface area is 143 Å². The standard InChI is InChI=1S/C24H20/c1-17-6-10-19(11-7-17)21-14-15-24-22(16-21)4-3-5-23(24)20-12-8-18(2)9-13-20/h3-16H,1-2H3. The summed E-state index contributed by atoms with van der Waals surface area (Å²) >= 11 is 0. The molecule has 0 amide bonds. The second-order valence-electron chi connectivity index (χ2n) is 6.47. The Morgan fingerprint density at radius 1 is 0.500 bits per heavy atom. The lowest BCUT2D eigenvalue weighted by molar-refractivity contribution is 1.47. The number of rotatable bonds is 2. The fourth-order valence-corrected chi connectivity index (χ4v) is 3.19. The van der Waals surface area contributed by atoms with Crippen molar-refractivity contribution in [1.82, 2.24) is 0 Å². The van der Waals surface area contributed by atoms with Gasteiger partial charge in [-0.05, 0) is 52.9 Å². The van der Waals surface area contributed by atoms with Crippen LogP contribution >= 0.6 is 0 Å². The average Bonchev–Trinajstić information content (AvgIpc) is 2.62. The van der Waals surface area contributed by atoms with E-state index in [-0.39, 0.29) is 0 Å². The van der Waals surface area contributed by atoms with Gasteiger partial charge in [-0.3, -0.25) is 0 Å². The first-order valence-electron chi connectivity index (χ1n) is 8.37. The summed E-state index contributed by atoms with van der Waals surface area (Å²) in [5.74, 6) is 0. The van der Waals surface area contributed by atoms with Crippen LogP contribution in [-0.4, -0.2) is 0 Å². The van der Waals surface area contributed by atoms with Gasteiger partial charge in [0.1, 0.15) is 0 Å². The molecule has 0 aromatic heterocycles. The summed E-state index contributed by atoms with van der Waals surface area (Å²) in [6, 6.07) is 30.8. The lowest BCUT2D eigenvalue weighted by Crippen LogP contribution is -1.84.